The summed E-state index contributed by atoms with van der Waals surface area (Å²) in [6, 6.07) is 14.5. The van der Waals surface area contributed by atoms with Crippen molar-refractivity contribution in [3.8, 4) is 5.75 Å². The van der Waals surface area contributed by atoms with Crippen molar-refractivity contribution in [2.24, 2.45) is 0 Å². The van der Waals surface area contributed by atoms with Crippen LogP contribution in [-0.4, -0.2) is 54.5 Å². The van der Waals surface area contributed by atoms with Crippen LogP contribution in [-0.2, 0) is 23.9 Å². The molecule has 2 atom stereocenters. The van der Waals surface area contributed by atoms with Gasteiger partial charge in [0.05, 0.1) is 0 Å². The number of hydrogen-bond acceptors (Lipinski definition) is 7. The quantitative estimate of drug-likeness (QED) is 0.394. The molecule has 2 aromatic rings. The maximum Gasteiger partial charge on any atom is 0.329 e. The number of rotatable bonds is 12. The normalized spacial score (nSPS) is 12.1. The minimum atomic E-state index is -1.09. The Hall–Kier alpha value is -3.53. The summed E-state index contributed by atoms with van der Waals surface area (Å²) in [7, 11) is 0. The Morgan fingerprint density at radius 3 is 2.15 bits per heavy atom. The first-order chi connectivity index (χ1) is 16.3. The zero-order valence-electron chi connectivity index (χ0n) is 19.3. The largest absolute Gasteiger partial charge is 0.484 e. The molecule has 0 heterocycles. The number of para-hydroxylation sites is 1. The Balaban J connectivity index is 1.89. The van der Waals surface area contributed by atoms with Gasteiger partial charge in [-0.1, -0.05) is 18.2 Å². The van der Waals surface area contributed by atoms with E-state index in [1.807, 2.05) is 12.3 Å². The van der Waals surface area contributed by atoms with Crippen LogP contribution in [0, 0.1) is 0 Å². The van der Waals surface area contributed by atoms with Crippen molar-refractivity contribution < 1.29 is 28.7 Å². The molecular weight excluding hydrogens is 458 g/mol. The highest BCUT2D eigenvalue weighted by Crippen LogP contribution is 2.14. The van der Waals surface area contributed by atoms with Gasteiger partial charge in [0.2, 0.25) is 5.91 Å². The van der Waals surface area contributed by atoms with Crippen molar-refractivity contribution in [1.82, 2.24) is 5.32 Å². The third-order valence-electron chi connectivity index (χ3n) is 4.48. The average Bonchev–Trinajstić information content (AvgIpc) is 2.81. The molecule has 0 radical (unpaired) electrons. The van der Waals surface area contributed by atoms with Crippen molar-refractivity contribution >= 4 is 46.8 Å². The lowest BCUT2D eigenvalue weighted by atomic mass is 10.2. The fourth-order valence-corrected chi connectivity index (χ4v) is 3.25. The molecule has 0 aliphatic carbocycles. The zero-order chi connectivity index (χ0) is 24.9. The van der Waals surface area contributed by atoms with Crippen LogP contribution in [0.4, 0.5) is 11.4 Å². The molecular formula is C24H29N3O6S. The fourth-order valence-electron chi connectivity index (χ4n) is 2.78. The Bertz CT molecular complexity index is 968. The molecule has 0 aromatic heterocycles. The molecule has 0 saturated heterocycles. The first-order valence-corrected chi connectivity index (χ1v) is 12.0. The molecule has 3 amide bonds. The fraction of sp³-hybridized carbons (Fsp3) is 0.333. The molecule has 9 nitrogen and oxygen atoms in total. The van der Waals surface area contributed by atoms with E-state index in [2.05, 4.69) is 16.0 Å². The van der Waals surface area contributed by atoms with Gasteiger partial charge in [-0.05, 0) is 61.8 Å². The summed E-state index contributed by atoms with van der Waals surface area (Å²) in [6.45, 7) is 2.60. The van der Waals surface area contributed by atoms with E-state index in [0.29, 0.717) is 29.3 Å². The van der Waals surface area contributed by atoms with Gasteiger partial charge in [0.25, 0.3) is 11.8 Å². The average molecular weight is 488 g/mol. The summed E-state index contributed by atoms with van der Waals surface area (Å²) in [6.07, 6.45) is 1.14. The van der Waals surface area contributed by atoms with E-state index >= 15 is 0 Å². The van der Waals surface area contributed by atoms with E-state index in [1.165, 1.54) is 25.6 Å². The standard InChI is InChI=1S/C24H29N3O6S/c1-16(23(30)26-19-11-9-18(10-12-19)25-17(2)28)33-24(31)21(13-14-34-3)27-22(29)15-32-20-7-5-4-6-8-20/h4-12,16,21H,13-15H2,1-3H3,(H,25,28)(H,26,30)(H,27,29). The zero-order valence-corrected chi connectivity index (χ0v) is 20.1. The summed E-state index contributed by atoms with van der Waals surface area (Å²) < 4.78 is 10.7. The van der Waals surface area contributed by atoms with E-state index in [9.17, 15) is 19.2 Å². The van der Waals surface area contributed by atoms with Gasteiger partial charge < -0.3 is 25.4 Å². The van der Waals surface area contributed by atoms with Crippen LogP contribution in [0.15, 0.2) is 54.6 Å². The van der Waals surface area contributed by atoms with E-state index in [0.717, 1.165) is 0 Å². The minimum absolute atomic E-state index is 0.202. The number of anilines is 2. The predicted molar refractivity (Wildman–Crippen MR) is 132 cm³/mol. The van der Waals surface area contributed by atoms with E-state index < -0.39 is 29.9 Å². The lowest BCUT2D eigenvalue weighted by Gasteiger charge is -2.20. The number of benzene rings is 2. The van der Waals surface area contributed by atoms with E-state index in [-0.39, 0.29) is 12.5 Å². The Labute approximate surface area is 203 Å². The van der Waals surface area contributed by atoms with E-state index in [4.69, 9.17) is 9.47 Å². The van der Waals surface area contributed by atoms with Crippen molar-refractivity contribution in [3.63, 3.8) is 0 Å². The highest BCUT2D eigenvalue weighted by atomic mass is 32.2. The van der Waals surface area contributed by atoms with Gasteiger partial charge in [0.15, 0.2) is 12.7 Å². The molecule has 0 aliphatic heterocycles. The number of hydrogen-bond donors (Lipinski definition) is 3. The maximum atomic E-state index is 12.7. The number of thioether (sulfide) groups is 1. The van der Waals surface area contributed by atoms with Crippen LogP contribution in [0.25, 0.3) is 0 Å². The van der Waals surface area contributed by atoms with Crippen LogP contribution in [0.1, 0.15) is 20.3 Å². The van der Waals surface area contributed by atoms with Crippen LogP contribution >= 0.6 is 11.8 Å². The van der Waals surface area contributed by atoms with Gasteiger partial charge in [-0.3, -0.25) is 14.4 Å². The summed E-state index contributed by atoms with van der Waals surface area (Å²) in [5.41, 5.74) is 1.07. The topological polar surface area (TPSA) is 123 Å². The molecule has 0 saturated carbocycles. The van der Waals surface area contributed by atoms with Gasteiger partial charge >= 0.3 is 5.97 Å². The molecule has 34 heavy (non-hydrogen) atoms. The molecule has 2 rings (SSSR count). The number of carbonyl (C=O) groups is 4. The molecule has 2 aromatic carbocycles. The third-order valence-corrected chi connectivity index (χ3v) is 5.12. The van der Waals surface area contributed by atoms with Crippen molar-refractivity contribution in [2.75, 3.05) is 29.2 Å². The molecule has 0 spiro atoms. The van der Waals surface area contributed by atoms with Crippen molar-refractivity contribution in [3.05, 3.63) is 54.6 Å². The summed E-state index contributed by atoms with van der Waals surface area (Å²) in [5.74, 6) is -0.749. The second kappa shape index (κ2) is 13.9. The van der Waals surface area contributed by atoms with Gasteiger partial charge in [0.1, 0.15) is 11.8 Å². The first kappa shape index (κ1) is 26.7. The Morgan fingerprint density at radius 2 is 1.56 bits per heavy atom. The SMILES string of the molecule is CSCCC(NC(=O)COc1ccccc1)C(=O)OC(C)C(=O)Nc1ccc(NC(C)=O)cc1. The molecule has 0 aliphatic rings. The van der Waals surface area contributed by atoms with Crippen molar-refractivity contribution in [1.29, 1.82) is 0 Å². The monoisotopic (exact) mass is 487 g/mol. The van der Waals surface area contributed by atoms with Crippen LogP contribution in [0.5, 0.6) is 5.75 Å². The molecule has 0 bridgehead atoms. The number of esters is 1. The number of ether oxygens (including phenoxy) is 2. The molecule has 2 unspecified atom stereocenters. The smallest absolute Gasteiger partial charge is 0.329 e. The Morgan fingerprint density at radius 1 is 0.941 bits per heavy atom. The third kappa shape index (κ3) is 9.53. The predicted octanol–water partition coefficient (Wildman–Crippen LogP) is 2.83. The summed E-state index contributed by atoms with van der Waals surface area (Å²) in [5, 5.41) is 7.90. The van der Waals surface area contributed by atoms with Crippen LogP contribution in [0.2, 0.25) is 0 Å². The lowest BCUT2D eigenvalue weighted by Crippen LogP contribution is -2.46. The highest BCUT2D eigenvalue weighted by Gasteiger charge is 2.26. The summed E-state index contributed by atoms with van der Waals surface area (Å²) in [4.78, 5) is 48.5. The van der Waals surface area contributed by atoms with Crippen LogP contribution < -0.4 is 20.7 Å². The van der Waals surface area contributed by atoms with Gasteiger partial charge in [-0.2, -0.15) is 11.8 Å². The molecule has 10 heteroatoms. The van der Waals surface area contributed by atoms with Gasteiger partial charge in [-0.25, -0.2) is 4.79 Å². The van der Waals surface area contributed by atoms with Gasteiger partial charge in [-0.15, -0.1) is 0 Å². The van der Waals surface area contributed by atoms with E-state index in [1.54, 1.807) is 48.5 Å². The number of carbonyl (C=O) groups excluding carboxylic acids is 4. The Kier molecular flexibility index (Phi) is 10.9. The molecule has 0 fully saturated rings. The van der Waals surface area contributed by atoms with Gasteiger partial charge in [0, 0.05) is 18.3 Å². The first-order valence-electron chi connectivity index (χ1n) is 10.6. The second-order valence-electron chi connectivity index (χ2n) is 7.33. The number of amides is 3. The van der Waals surface area contributed by atoms with Crippen LogP contribution in [0.3, 0.4) is 0 Å². The minimum Gasteiger partial charge on any atom is -0.484 e. The highest BCUT2D eigenvalue weighted by molar-refractivity contribution is 7.98. The molecule has 3 N–H and O–H groups in total. The maximum absolute atomic E-state index is 12.7. The number of nitrogens with one attached hydrogen (secondary N) is 3. The summed E-state index contributed by atoms with van der Waals surface area (Å²) >= 11 is 1.52. The van der Waals surface area contributed by atoms with Crippen molar-refractivity contribution in [2.45, 2.75) is 32.4 Å². The second-order valence-corrected chi connectivity index (χ2v) is 8.32. The molecule has 182 valence electrons. The lowest BCUT2D eigenvalue weighted by molar-refractivity contribution is -0.156.